The molecule has 1 aromatic rings. The van der Waals surface area contributed by atoms with Gasteiger partial charge >= 0.3 is 0 Å². The first-order valence-electron chi connectivity index (χ1n) is 5.47. The maximum absolute atomic E-state index is 9.18. The highest BCUT2D eigenvalue weighted by molar-refractivity contribution is 5.54. The van der Waals surface area contributed by atoms with Crippen molar-refractivity contribution in [2.24, 2.45) is 13.0 Å². The molecule has 0 bridgehead atoms. The van der Waals surface area contributed by atoms with Crippen molar-refractivity contribution in [1.82, 2.24) is 9.78 Å². The first-order valence-corrected chi connectivity index (χ1v) is 5.47. The molecule has 0 unspecified atom stereocenters. The quantitative estimate of drug-likeness (QED) is 0.789. The fourth-order valence-corrected chi connectivity index (χ4v) is 2.10. The lowest BCUT2D eigenvalue weighted by Gasteiger charge is -2.31. The van der Waals surface area contributed by atoms with Crippen molar-refractivity contribution in [3.8, 4) is 6.07 Å². The Morgan fingerprint density at radius 3 is 2.88 bits per heavy atom. The molecule has 86 valence electrons. The third-order valence-corrected chi connectivity index (χ3v) is 3.10. The Balaban J connectivity index is 2.01. The fraction of sp³-hybridized carbons (Fsp3) is 0.636. The average Bonchev–Trinajstić information content (AvgIpc) is 2.46. The predicted octanol–water partition coefficient (Wildman–Crippen LogP) is 0.783. The summed E-state index contributed by atoms with van der Waals surface area (Å²) in [7, 11) is 1.83. The van der Waals surface area contributed by atoms with Crippen LogP contribution in [-0.4, -0.2) is 27.5 Å². The Labute approximate surface area is 94.7 Å². The largest absolute Gasteiger partial charge is 0.393 e. The van der Waals surface area contributed by atoms with E-state index in [1.165, 1.54) is 0 Å². The van der Waals surface area contributed by atoms with E-state index >= 15 is 0 Å². The maximum Gasteiger partial charge on any atom is 0.142 e. The minimum atomic E-state index is -0.129. The van der Waals surface area contributed by atoms with Crippen molar-refractivity contribution >= 4 is 5.82 Å². The van der Waals surface area contributed by atoms with Crippen molar-refractivity contribution < 1.29 is 5.11 Å². The lowest BCUT2D eigenvalue weighted by atomic mass is 9.82. The number of rotatable bonds is 3. The van der Waals surface area contributed by atoms with Crippen LogP contribution in [0.2, 0.25) is 0 Å². The highest BCUT2D eigenvalue weighted by atomic mass is 16.3. The average molecular weight is 220 g/mol. The van der Waals surface area contributed by atoms with E-state index in [1.807, 2.05) is 14.0 Å². The first kappa shape index (κ1) is 11.0. The Kier molecular flexibility index (Phi) is 2.84. The zero-order valence-corrected chi connectivity index (χ0v) is 9.56. The number of aliphatic hydroxyl groups is 1. The second-order valence-electron chi connectivity index (χ2n) is 4.42. The molecule has 1 fully saturated rings. The second kappa shape index (κ2) is 4.14. The summed E-state index contributed by atoms with van der Waals surface area (Å²) in [5, 5.41) is 25.6. The van der Waals surface area contributed by atoms with Crippen LogP contribution < -0.4 is 5.32 Å². The highest BCUT2D eigenvalue weighted by Crippen LogP contribution is 2.28. The van der Waals surface area contributed by atoms with E-state index in [4.69, 9.17) is 5.26 Å². The molecule has 0 aliphatic heterocycles. The van der Waals surface area contributed by atoms with Crippen molar-refractivity contribution in [2.45, 2.75) is 25.9 Å². The van der Waals surface area contributed by atoms with Crippen molar-refractivity contribution in [3.63, 3.8) is 0 Å². The summed E-state index contributed by atoms with van der Waals surface area (Å²) in [5.41, 5.74) is 1.36. The van der Waals surface area contributed by atoms with Crippen LogP contribution in [-0.2, 0) is 7.05 Å². The SMILES string of the molecule is Cc1nn(C)c(NCC2CC(O)C2)c1C#N. The van der Waals surface area contributed by atoms with E-state index in [0.717, 1.165) is 30.9 Å². The molecule has 0 saturated heterocycles. The number of hydrogen-bond donors (Lipinski definition) is 2. The predicted molar refractivity (Wildman–Crippen MR) is 59.9 cm³/mol. The number of aryl methyl sites for hydroxylation is 2. The van der Waals surface area contributed by atoms with Crippen LogP contribution in [0.1, 0.15) is 24.1 Å². The van der Waals surface area contributed by atoms with Gasteiger partial charge in [-0.25, -0.2) is 0 Å². The summed E-state index contributed by atoms with van der Waals surface area (Å²) < 4.78 is 1.70. The van der Waals surface area contributed by atoms with Gasteiger partial charge < -0.3 is 10.4 Å². The first-order chi connectivity index (χ1) is 7.61. The fourth-order valence-electron chi connectivity index (χ4n) is 2.10. The molecule has 5 nitrogen and oxygen atoms in total. The highest BCUT2D eigenvalue weighted by Gasteiger charge is 2.27. The summed E-state index contributed by atoms with van der Waals surface area (Å²) in [5.74, 6) is 1.29. The van der Waals surface area contributed by atoms with E-state index in [1.54, 1.807) is 4.68 Å². The number of nitrogens with one attached hydrogen (secondary N) is 1. The van der Waals surface area contributed by atoms with Gasteiger partial charge in [0.15, 0.2) is 0 Å². The summed E-state index contributed by atoms with van der Waals surface area (Å²) >= 11 is 0. The van der Waals surface area contributed by atoms with Gasteiger partial charge in [0.2, 0.25) is 0 Å². The van der Waals surface area contributed by atoms with E-state index in [2.05, 4.69) is 16.5 Å². The Bertz CT molecular complexity index is 426. The Morgan fingerprint density at radius 2 is 2.31 bits per heavy atom. The van der Waals surface area contributed by atoms with Crippen molar-refractivity contribution in [1.29, 1.82) is 5.26 Å². The zero-order chi connectivity index (χ0) is 11.7. The maximum atomic E-state index is 9.18. The summed E-state index contributed by atoms with van der Waals surface area (Å²) in [6.07, 6.45) is 1.58. The molecule has 16 heavy (non-hydrogen) atoms. The van der Waals surface area contributed by atoms with Crippen LogP contribution in [0, 0.1) is 24.2 Å². The van der Waals surface area contributed by atoms with Crippen LogP contribution in [0.15, 0.2) is 0 Å². The number of nitrogens with zero attached hydrogens (tertiary/aromatic N) is 3. The van der Waals surface area contributed by atoms with Crippen LogP contribution in [0.3, 0.4) is 0 Å². The molecule has 1 aliphatic rings. The number of aliphatic hydroxyl groups excluding tert-OH is 1. The van der Waals surface area contributed by atoms with Crippen LogP contribution in [0.5, 0.6) is 0 Å². The molecule has 1 heterocycles. The van der Waals surface area contributed by atoms with Crippen LogP contribution in [0.4, 0.5) is 5.82 Å². The van der Waals surface area contributed by atoms with Gasteiger partial charge in [-0.3, -0.25) is 4.68 Å². The van der Waals surface area contributed by atoms with Gasteiger partial charge in [-0.1, -0.05) is 0 Å². The third kappa shape index (κ3) is 1.89. The van der Waals surface area contributed by atoms with Gasteiger partial charge in [-0.2, -0.15) is 10.4 Å². The molecule has 1 aliphatic carbocycles. The lowest BCUT2D eigenvalue weighted by Crippen LogP contribution is -2.33. The number of aromatic nitrogens is 2. The molecular formula is C11H16N4O. The molecule has 0 atom stereocenters. The van der Waals surface area contributed by atoms with Gasteiger partial charge in [0, 0.05) is 13.6 Å². The molecule has 0 radical (unpaired) electrons. The van der Waals surface area contributed by atoms with Crippen molar-refractivity contribution in [2.75, 3.05) is 11.9 Å². The molecule has 0 aromatic carbocycles. The lowest BCUT2D eigenvalue weighted by molar-refractivity contribution is 0.0486. The topological polar surface area (TPSA) is 73.9 Å². The molecule has 5 heteroatoms. The zero-order valence-electron chi connectivity index (χ0n) is 9.56. The van der Waals surface area contributed by atoms with E-state index in [0.29, 0.717) is 11.5 Å². The minimum Gasteiger partial charge on any atom is -0.393 e. The number of nitriles is 1. The Morgan fingerprint density at radius 1 is 1.62 bits per heavy atom. The monoisotopic (exact) mass is 220 g/mol. The normalized spacial score (nSPS) is 23.6. The third-order valence-electron chi connectivity index (χ3n) is 3.10. The molecule has 0 amide bonds. The van der Waals surface area contributed by atoms with Gasteiger partial charge in [-0.15, -0.1) is 0 Å². The standard InChI is InChI=1S/C11H16N4O/c1-7-10(5-12)11(15(2)14-7)13-6-8-3-9(16)4-8/h8-9,13,16H,3-4,6H2,1-2H3. The molecule has 1 aromatic heterocycles. The summed E-state index contributed by atoms with van der Waals surface area (Å²) in [6, 6.07) is 2.16. The smallest absolute Gasteiger partial charge is 0.142 e. The number of anilines is 1. The molecular weight excluding hydrogens is 204 g/mol. The minimum absolute atomic E-state index is 0.129. The molecule has 0 spiro atoms. The van der Waals surface area contributed by atoms with Gasteiger partial charge in [0.05, 0.1) is 11.8 Å². The molecule has 2 rings (SSSR count). The van der Waals surface area contributed by atoms with Crippen molar-refractivity contribution in [3.05, 3.63) is 11.3 Å². The van der Waals surface area contributed by atoms with Gasteiger partial charge in [-0.05, 0) is 25.7 Å². The summed E-state index contributed by atoms with van der Waals surface area (Å²) in [6.45, 7) is 2.63. The molecule has 2 N–H and O–H groups in total. The van der Waals surface area contributed by atoms with E-state index < -0.39 is 0 Å². The molecule has 1 saturated carbocycles. The van der Waals surface area contributed by atoms with Gasteiger partial charge in [0.25, 0.3) is 0 Å². The summed E-state index contributed by atoms with van der Waals surface area (Å²) in [4.78, 5) is 0. The van der Waals surface area contributed by atoms with Crippen LogP contribution in [0.25, 0.3) is 0 Å². The van der Waals surface area contributed by atoms with Gasteiger partial charge in [0.1, 0.15) is 17.5 Å². The van der Waals surface area contributed by atoms with E-state index in [9.17, 15) is 5.11 Å². The second-order valence-corrected chi connectivity index (χ2v) is 4.42. The Hall–Kier alpha value is -1.54. The number of hydrogen-bond acceptors (Lipinski definition) is 4. The van der Waals surface area contributed by atoms with Crippen LogP contribution >= 0.6 is 0 Å². The van der Waals surface area contributed by atoms with E-state index in [-0.39, 0.29) is 6.10 Å².